The van der Waals surface area contributed by atoms with Crippen LogP contribution in [0.15, 0.2) is 34.2 Å². The molecule has 0 bridgehead atoms. The molecule has 17 heavy (non-hydrogen) atoms. The van der Waals surface area contributed by atoms with Crippen LogP contribution < -0.4 is 5.73 Å². The topological polar surface area (TPSA) is 56.2 Å². The molecule has 3 aromatic heterocycles. The quantitative estimate of drug-likeness (QED) is 0.792. The Morgan fingerprint density at radius 1 is 1.29 bits per heavy atom. The molecule has 0 aliphatic rings. The van der Waals surface area contributed by atoms with Gasteiger partial charge in [0.2, 0.25) is 0 Å². The van der Waals surface area contributed by atoms with E-state index in [4.69, 9.17) is 5.73 Å². The van der Waals surface area contributed by atoms with Gasteiger partial charge in [-0.1, -0.05) is 0 Å². The SMILES string of the molecule is NCc1cn2nc(-c3ccc(Br)s3)ccc2n1. The predicted octanol–water partition coefficient (Wildman–Crippen LogP) is 2.68. The Bertz CT molecular complexity index is 673. The van der Waals surface area contributed by atoms with Crippen molar-refractivity contribution in [2.75, 3.05) is 0 Å². The van der Waals surface area contributed by atoms with Gasteiger partial charge in [-0.15, -0.1) is 11.3 Å². The second-order valence-electron chi connectivity index (χ2n) is 3.56. The fourth-order valence-corrected chi connectivity index (χ4v) is 2.96. The standard InChI is InChI=1S/C11H9BrN4S/c12-10-3-2-9(17-10)8-1-4-11-14-7(5-13)6-16(11)15-8/h1-4,6H,5,13H2. The summed E-state index contributed by atoms with van der Waals surface area (Å²) in [7, 11) is 0. The summed E-state index contributed by atoms with van der Waals surface area (Å²) in [6.45, 7) is 0.434. The minimum absolute atomic E-state index is 0.434. The molecule has 2 N–H and O–H groups in total. The van der Waals surface area contributed by atoms with Crippen LogP contribution in [-0.2, 0) is 6.54 Å². The number of nitrogens with zero attached hydrogens (tertiary/aromatic N) is 3. The molecule has 6 heteroatoms. The van der Waals surface area contributed by atoms with Crippen LogP contribution in [0.2, 0.25) is 0 Å². The Morgan fingerprint density at radius 2 is 2.18 bits per heavy atom. The summed E-state index contributed by atoms with van der Waals surface area (Å²) in [6, 6.07) is 7.99. The number of imidazole rings is 1. The molecule has 0 amide bonds. The number of nitrogens with two attached hydrogens (primary N) is 1. The maximum Gasteiger partial charge on any atom is 0.153 e. The summed E-state index contributed by atoms with van der Waals surface area (Å²) in [5, 5.41) is 4.52. The molecule has 0 saturated carbocycles. The highest BCUT2D eigenvalue weighted by Crippen LogP contribution is 2.29. The van der Waals surface area contributed by atoms with Gasteiger partial charge in [-0.2, -0.15) is 5.10 Å². The van der Waals surface area contributed by atoms with Crippen molar-refractivity contribution in [2.24, 2.45) is 5.73 Å². The third-order valence-electron chi connectivity index (χ3n) is 2.40. The van der Waals surface area contributed by atoms with Crippen LogP contribution in [0.25, 0.3) is 16.2 Å². The molecule has 3 heterocycles. The van der Waals surface area contributed by atoms with Gasteiger partial charge in [-0.3, -0.25) is 0 Å². The fraction of sp³-hybridized carbons (Fsp3) is 0.0909. The van der Waals surface area contributed by atoms with Crippen LogP contribution in [0, 0.1) is 0 Å². The molecule has 3 rings (SSSR count). The van der Waals surface area contributed by atoms with Crippen LogP contribution >= 0.6 is 27.3 Å². The van der Waals surface area contributed by atoms with E-state index in [-0.39, 0.29) is 0 Å². The molecular formula is C11H9BrN4S. The summed E-state index contributed by atoms with van der Waals surface area (Å²) in [6.07, 6.45) is 1.86. The minimum Gasteiger partial charge on any atom is -0.325 e. The van der Waals surface area contributed by atoms with Crippen molar-refractivity contribution in [2.45, 2.75) is 6.54 Å². The predicted molar refractivity (Wildman–Crippen MR) is 71.9 cm³/mol. The lowest BCUT2D eigenvalue weighted by molar-refractivity contribution is 0.936. The number of fused-ring (bicyclic) bond motifs is 1. The third-order valence-corrected chi connectivity index (χ3v) is 4.05. The van der Waals surface area contributed by atoms with E-state index in [9.17, 15) is 0 Å². The maximum absolute atomic E-state index is 5.56. The van der Waals surface area contributed by atoms with Gasteiger partial charge < -0.3 is 5.73 Å². The van der Waals surface area contributed by atoms with Crippen molar-refractivity contribution >= 4 is 32.9 Å². The fourth-order valence-electron chi connectivity index (χ4n) is 1.61. The molecule has 0 fully saturated rings. The van der Waals surface area contributed by atoms with E-state index >= 15 is 0 Å². The van der Waals surface area contributed by atoms with Gasteiger partial charge in [0.05, 0.1) is 20.6 Å². The smallest absolute Gasteiger partial charge is 0.153 e. The molecule has 0 unspecified atom stereocenters. The van der Waals surface area contributed by atoms with E-state index in [2.05, 4.69) is 26.0 Å². The van der Waals surface area contributed by atoms with Crippen LogP contribution in [-0.4, -0.2) is 14.6 Å². The number of thiophene rings is 1. The number of hydrogen-bond donors (Lipinski definition) is 1. The van der Waals surface area contributed by atoms with Crippen LogP contribution in [0.1, 0.15) is 5.69 Å². The molecule has 4 nitrogen and oxygen atoms in total. The second-order valence-corrected chi connectivity index (χ2v) is 6.02. The molecule has 0 aromatic carbocycles. The molecule has 3 aromatic rings. The second kappa shape index (κ2) is 4.21. The number of hydrogen-bond acceptors (Lipinski definition) is 4. The Hall–Kier alpha value is -1.24. The number of rotatable bonds is 2. The maximum atomic E-state index is 5.56. The van der Waals surface area contributed by atoms with Crippen molar-refractivity contribution < 1.29 is 0 Å². The first-order valence-corrected chi connectivity index (χ1v) is 6.68. The third kappa shape index (κ3) is 1.99. The van der Waals surface area contributed by atoms with Crippen LogP contribution in [0.3, 0.4) is 0 Å². The summed E-state index contributed by atoms with van der Waals surface area (Å²) >= 11 is 5.11. The lowest BCUT2D eigenvalue weighted by Gasteiger charge is -1.97. The Kier molecular flexibility index (Phi) is 2.70. The average molecular weight is 309 g/mol. The first-order valence-electron chi connectivity index (χ1n) is 5.07. The van der Waals surface area contributed by atoms with E-state index in [1.165, 1.54) is 0 Å². The summed E-state index contributed by atoms with van der Waals surface area (Å²) in [4.78, 5) is 5.47. The van der Waals surface area contributed by atoms with Crippen molar-refractivity contribution in [3.8, 4) is 10.6 Å². The largest absolute Gasteiger partial charge is 0.325 e. The highest BCUT2D eigenvalue weighted by molar-refractivity contribution is 9.11. The molecule has 0 spiro atoms. The highest BCUT2D eigenvalue weighted by Gasteiger charge is 2.06. The lowest BCUT2D eigenvalue weighted by Crippen LogP contribution is -1.95. The van der Waals surface area contributed by atoms with Crippen molar-refractivity contribution in [3.63, 3.8) is 0 Å². The molecule has 86 valence electrons. The molecule has 0 aliphatic carbocycles. The summed E-state index contributed by atoms with van der Waals surface area (Å²) in [5.74, 6) is 0. The lowest BCUT2D eigenvalue weighted by atomic mass is 10.3. The zero-order valence-electron chi connectivity index (χ0n) is 8.80. The summed E-state index contributed by atoms with van der Waals surface area (Å²) in [5.41, 5.74) is 8.17. The Morgan fingerprint density at radius 3 is 2.88 bits per heavy atom. The van der Waals surface area contributed by atoms with Gasteiger partial charge in [0.15, 0.2) is 5.65 Å². The molecule has 0 radical (unpaired) electrons. The van der Waals surface area contributed by atoms with Gasteiger partial charge in [0, 0.05) is 6.54 Å². The van der Waals surface area contributed by atoms with E-state index in [1.807, 2.05) is 30.5 Å². The van der Waals surface area contributed by atoms with Gasteiger partial charge in [0.1, 0.15) is 5.69 Å². The van der Waals surface area contributed by atoms with E-state index in [0.29, 0.717) is 6.54 Å². The first-order chi connectivity index (χ1) is 8.26. The van der Waals surface area contributed by atoms with Crippen LogP contribution in [0.4, 0.5) is 0 Å². The van der Waals surface area contributed by atoms with E-state index in [1.54, 1.807) is 15.9 Å². The van der Waals surface area contributed by atoms with Gasteiger partial charge in [-0.25, -0.2) is 9.50 Å². The monoisotopic (exact) mass is 308 g/mol. The minimum atomic E-state index is 0.434. The first kappa shape index (κ1) is 10.9. The highest BCUT2D eigenvalue weighted by atomic mass is 79.9. The normalized spacial score (nSPS) is 11.2. The molecule has 0 saturated heterocycles. The summed E-state index contributed by atoms with van der Waals surface area (Å²) < 4.78 is 2.87. The Balaban J connectivity index is 2.12. The van der Waals surface area contributed by atoms with E-state index < -0.39 is 0 Å². The van der Waals surface area contributed by atoms with E-state index in [0.717, 1.165) is 25.7 Å². The Labute approximate surface area is 110 Å². The molecule has 0 aliphatic heterocycles. The molecule has 0 atom stereocenters. The van der Waals surface area contributed by atoms with Crippen molar-refractivity contribution in [1.29, 1.82) is 0 Å². The number of aromatic nitrogens is 3. The van der Waals surface area contributed by atoms with Gasteiger partial charge >= 0.3 is 0 Å². The van der Waals surface area contributed by atoms with Crippen molar-refractivity contribution in [3.05, 3.63) is 39.9 Å². The van der Waals surface area contributed by atoms with Crippen LogP contribution in [0.5, 0.6) is 0 Å². The zero-order chi connectivity index (χ0) is 11.8. The van der Waals surface area contributed by atoms with Gasteiger partial charge in [-0.05, 0) is 40.2 Å². The zero-order valence-corrected chi connectivity index (χ0v) is 11.2. The van der Waals surface area contributed by atoms with Gasteiger partial charge in [0.25, 0.3) is 0 Å². The molecular weight excluding hydrogens is 300 g/mol. The number of halogens is 1. The van der Waals surface area contributed by atoms with Crippen molar-refractivity contribution in [1.82, 2.24) is 14.6 Å². The average Bonchev–Trinajstić information content (AvgIpc) is 2.93.